The van der Waals surface area contributed by atoms with E-state index in [1.165, 1.54) is 0 Å². The fourth-order valence-electron chi connectivity index (χ4n) is 1.89. The van der Waals surface area contributed by atoms with Crippen LogP contribution in [0.1, 0.15) is 24.7 Å². The number of fused-ring (bicyclic) bond motifs is 1. The Hall–Kier alpha value is -2.21. The van der Waals surface area contributed by atoms with E-state index in [1.54, 1.807) is 13.4 Å². The van der Waals surface area contributed by atoms with Crippen molar-refractivity contribution in [1.82, 2.24) is 19.7 Å². The van der Waals surface area contributed by atoms with Gasteiger partial charge in [0.15, 0.2) is 5.82 Å². The van der Waals surface area contributed by atoms with E-state index in [2.05, 4.69) is 15.1 Å². The van der Waals surface area contributed by atoms with Crippen LogP contribution >= 0.6 is 0 Å². The Morgan fingerprint density at radius 2 is 2.21 bits per heavy atom. The molecule has 2 aromatic heterocycles. The van der Waals surface area contributed by atoms with Gasteiger partial charge >= 0.3 is 0 Å². The van der Waals surface area contributed by atoms with E-state index in [4.69, 9.17) is 9.26 Å². The lowest BCUT2D eigenvalue weighted by Gasteiger charge is -2.01. The summed E-state index contributed by atoms with van der Waals surface area (Å²) in [6, 6.07) is 7.93. The topological polar surface area (TPSA) is 66.0 Å². The molecule has 3 rings (SSSR count). The fraction of sp³-hybridized carbons (Fsp3) is 0.308. The Kier molecular flexibility index (Phi) is 3.00. The molecule has 6 nitrogen and oxygen atoms in total. The standard InChI is InChI=1S/C13H14N4O2/c1-9(18-2)13-15-12(16-19-13)7-17-8-14-10-5-3-4-6-11(10)17/h3-6,8-9H,7H2,1-2H3/t9-/m0/s1. The SMILES string of the molecule is CO[C@@H](C)c1nc(Cn2cnc3ccccc32)no1. The van der Waals surface area contributed by atoms with Crippen molar-refractivity contribution in [3.63, 3.8) is 0 Å². The van der Waals surface area contributed by atoms with E-state index >= 15 is 0 Å². The van der Waals surface area contributed by atoms with E-state index in [-0.39, 0.29) is 6.10 Å². The average molecular weight is 258 g/mol. The zero-order chi connectivity index (χ0) is 13.2. The summed E-state index contributed by atoms with van der Waals surface area (Å²) < 4.78 is 12.3. The Balaban J connectivity index is 1.87. The highest BCUT2D eigenvalue weighted by Crippen LogP contribution is 2.15. The molecule has 0 aliphatic heterocycles. The molecule has 19 heavy (non-hydrogen) atoms. The van der Waals surface area contributed by atoms with Crippen LogP contribution in [0, 0.1) is 0 Å². The van der Waals surface area contributed by atoms with E-state index < -0.39 is 0 Å². The summed E-state index contributed by atoms with van der Waals surface area (Å²) in [7, 11) is 1.61. The number of nitrogens with zero attached hydrogens (tertiary/aromatic N) is 4. The molecule has 98 valence electrons. The number of imidazole rings is 1. The van der Waals surface area contributed by atoms with Crippen molar-refractivity contribution in [2.24, 2.45) is 0 Å². The van der Waals surface area contributed by atoms with Crippen molar-refractivity contribution in [2.45, 2.75) is 19.6 Å². The molecule has 2 heterocycles. The van der Waals surface area contributed by atoms with Crippen molar-refractivity contribution in [3.05, 3.63) is 42.3 Å². The maximum Gasteiger partial charge on any atom is 0.255 e. The van der Waals surface area contributed by atoms with Crippen molar-refractivity contribution >= 4 is 11.0 Å². The van der Waals surface area contributed by atoms with E-state index in [0.717, 1.165) is 11.0 Å². The molecule has 0 bridgehead atoms. The Labute approximate surface area is 110 Å². The summed E-state index contributed by atoms with van der Waals surface area (Å²) in [6.45, 7) is 2.39. The van der Waals surface area contributed by atoms with Crippen molar-refractivity contribution in [1.29, 1.82) is 0 Å². The zero-order valence-corrected chi connectivity index (χ0v) is 10.8. The lowest BCUT2D eigenvalue weighted by Crippen LogP contribution is -2.01. The van der Waals surface area contributed by atoms with Crippen molar-refractivity contribution < 1.29 is 9.26 Å². The second-order valence-corrected chi connectivity index (χ2v) is 4.29. The van der Waals surface area contributed by atoms with Crippen LogP contribution in [0.15, 0.2) is 35.1 Å². The lowest BCUT2D eigenvalue weighted by molar-refractivity contribution is 0.0886. The average Bonchev–Trinajstić information content (AvgIpc) is 3.06. The van der Waals surface area contributed by atoms with Gasteiger partial charge in [0.2, 0.25) is 0 Å². The minimum Gasteiger partial charge on any atom is -0.372 e. The van der Waals surface area contributed by atoms with Gasteiger partial charge in [0, 0.05) is 7.11 Å². The van der Waals surface area contributed by atoms with Crippen LogP contribution in [-0.4, -0.2) is 26.8 Å². The summed E-state index contributed by atoms with van der Waals surface area (Å²) in [5.74, 6) is 1.10. The van der Waals surface area contributed by atoms with Gasteiger partial charge < -0.3 is 13.8 Å². The summed E-state index contributed by atoms with van der Waals surface area (Å²) in [4.78, 5) is 8.64. The molecule has 1 aromatic carbocycles. The molecule has 0 saturated carbocycles. The third kappa shape index (κ3) is 2.22. The molecule has 0 fully saturated rings. The number of benzene rings is 1. The fourth-order valence-corrected chi connectivity index (χ4v) is 1.89. The first kappa shape index (κ1) is 11.9. The van der Waals surface area contributed by atoms with Gasteiger partial charge in [-0.1, -0.05) is 17.3 Å². The van der Waals surface area contributed by atoms with Crippen LogP contribution in [0.5, 0.6) is 0 Å². The van der Waals surface area contributed by atoms with Crippen LogP contribution in [0.2, 0.25) is 0 Å². The first-order chi connectivity index (χ1) is 9.28. The van der Waals surface area contributed by atoms with Gasteiger partial charge in [0.1, 0.15) is 6.10 Å². The molecular weight excluding hydrogens is 244 g/mol. The summed E-state index contributed by atoms with van der Waals surface area (Å²) in [5.41, 5.74) is 2.00. The van der Waals surface area contributed by atoms with Crippen LogP contribution in [-0.2, 0) is 11.3 Å². The van der Waals surface area contributed by atoms with Gasteiger partial charge in [-0.3, -0.25) is 0 Å². The molecule has 6 heteroatoms. The predicted octanol–water partition coefficient (Wildman–Crippen LogP) is 2.17. The van der Waals surface area contributed by atoms with Crippen molar-refractivity contribution in [3.8, 4) is 0 Å². The van der Waals surface area contributed by atoms with Crippen LogP contribution < -0.4 is 0 Å². The Bertz CT molecular complexity index is 689. The van der Waals surface area contributed by atoms with Gasteiger partial charge in [-0.05, 0) is 19.1 Å². The summed E-state index contributed by atoms with van der Waals surface area (Å²) in [5, 5.41) is 3.95. The molecular formula is C13H14N4O2. The number of hydrogen-bond donors (Lipinski definition) is 0. The minimum atomic E-state index is -0.194. The monoisotopic (exact) mass is 258 g/mol. The molecule has 0 spiro atoms. The van der Waals surface area contributed by atoms with E-state index in [9.17, 15) is 0 Å². The van der Waals surface area contributed by atoms with E-state index in [1.807, 2.05) is 35.8 Å². The normalized spacial score (nSPS) is 12.9. The third-order valence-corrected chi connectivity index (χ3v) is 3.02. The number of rotatable bonds is 4. The van der Waals surface area contributed by atoms with Crippen LogP contribution in [0.3, 0.4) is 0 Å². The second kappa shape index (κ2) is 4.81. The third-order valence-electron chi connectivity index (χ3n) is 3.02. The van der Waals surface area contributed by atoms with Gasteiger partial charge in [-0.15, -0.1) is 0 Å². The number of methoxy groups -OCH3 is 1. The Morgan fingerprint density at radius 3 is 3.05 bits per heavy atom. The highest BCUT2D eigenvalue weighted by molar-refractivity contribution is 5.74. The number of para-hydroxylation sites is 2. The second-order valence-electron chi connectivity index (χ2n) is 4.29. The smallest absolute Gasteiger partial charge is 0.255 e. The number of hydrogen-bond acceptors (Lipinski definition) is 5. The van der Waals surface area contributed by atoms with Gasteiger partial charge in [0.05, 0.1) is 23.9 Å². The van der Waals surface area contributed by atoms with Crippen LogP contribution in [0.4, 0.5) is 0 Å². The molecule has 1 atom stereocenters. The maximum absolute atomic E-state index is 5.16. The number of ether oxygens (including phenoxy) is 1. The van der Waals surface area contributed by atoms with Gasteiger partial charge in [-0.2, -0.15) is 4.98 Å². The molecule has 0 N–H and O–H groups in total. The molecule has 0 saturated heterocycles. The Morgan fingerprint density at radius 1 is 1.37 bits per heavy atom. The summed E-state index contributed by atoms with van der Waals surface area (Å²) >= 11 is 0. The molecule has 0 aliphatic rings. The molecule has 0 amide bonds. The van der Waals surface area contributed by atoms with E-state index in [0.29, 0.717) is 18.3 Å². The molecule has 0 aliphatic carbocycles. The highest BCUT2D eigenvalue weighted by Gasteiger charge is 2.14. The van der Waals surface area contributed by atoms with Crippen molar-refractivity contribution in [2.75, 3.05) is 7.11 Å². The maximum atomic E-state index is 5.16. The highest BCUT2D eigenvalue weighted by atomic mass is 16.5. The zero-order valence-electron chi connectivity index (χ0n) is 10.8. The summed E-state index contributed by atoms with van der Waals surface area (Å²) in [6.07, 6.45) is 1.58. The lowest BCUT2D eigenvalue weighted by atomic mass is 10.3. The van der Waals surface area contributed by atoms with Gasteiger partial charge in [0.25, 0.3) is 5.89 Å². The van der Waals surface area contributed by atoms with Gasteiger partial charge in [-0.25, -0.2) is 4.98 Å². The largest absolute Gasteiger partial charge is 0.372 e. The number of aromatic nitrogens is 4. The minimum absolute atomic E-state index is 0.194. The molecule has 0 radical (unpaired) electrons. The quantitative estimate of drug-likeness (QED) is 0.717. The first-order valence-corrected chi connectivity index (χ1v) is 6.03. The predicted molar refractivity (Wildman–Crippen MR) is 68.6 cm³/mol. The first-order valence-electron chi connectivity index (χ1n) is 6.03. The molecule has 0 unspecified atom stereocenters. The molecule has 3 aromatic rings. The van der Waals surface area contributed by atoms with Crippen LogP contribution in [0.25, 0.3) is 11.0 Å².